The highest BCUT2D eigenvalue weighted by Crippen LogP contribution is 2.28. The maximum Gasteiger partial charge on any atom is 0.257 e. The number of amides is 1. The largest absolute Gasteiger partial charge is 0.378 e. The third kappa shape index (κ3) is 5.26. The summed E-state index contributed by atoms with van der Waals surface area (Å²) in [5, 5.41) is 2.92. The van der Waals surface area contributed by atoms with Crippen LogP contribution in [0.5, 0.6) is 0 Å². The fourth-order valence-corrected chi connectivity index (χ4v) is 5.16. The van der Waals surface area contributed by atoms with Crippen LogP contribution in [-0.2, 0) is 21.2 Å². The predicted molar refractivity (Wildman–Crippen MR) is 123 cm³/mol. The first-order valence-electron chi connectivity index (χ1n) is 10.8. The standard InChI is InChI=1S/C23H31N3O4S/c1-4-18-7-9-19(10-8-18)24-23(27)21-17-20(31(28,29)26(5-2)6-3)11-12-22(21)25-13-15-30-16-14-25/h7-12,17H,4-6,13-16H2,1-3H3,(H,24,27). The lowest BCUT2D eigenvalue weighted by molar-refractivity contribution is 0.102. The van der Waals surface area contributed by atoms with Gasteiger partial charge in [0.2, 0.25) is 10.0 Å². The first-order valence-corrected chi connectivity index (χ1v) is 12.2. The molecule has 0 unspecified atom stereocenters. The summed E-state index contributed by atoms with van der Waals surface area (Å²) >= 11 is 0. The molecule has 0 bridgehead atoms. The van der Waals surface area contributed by atoms with E-state index >= 15 is 0 Å². The first kappa shape index (κ1) is 23.2. The Morgan fingerprint density at radius 1 is 1.03 bits per heavy atom. The molecular formula is C23H31N3O4S. The minimum Gasteiger partial charge on any atom is -0.378 e. The molecule has 0 aromatic heterocycles. The number of carbonyl (C=O) groups is 1. The summed E-state index contributed by atoms with van der Waals surface area (Å²) in [6, 6.07) is 12.5. The van der Waals surface area contributed by atoms with Gasteiger partial charge in [-0.1, -0.05) is 32.9 Å². The van der Waals surface area contributed by atoms with Crippen LogP contribution in [0.2, 0.25) is 0 Å². The number of aryl methyl sites for hydroxylation is 1. The monoisotopic (exact) mass is 445 g/mol. The van der Waals surface area contributed by atoms with Gasteiger partial charge < -0.3 is 15.0 Å². The van der Waals surface area contributed by atoms with Gasteiger partial charge in [0, 0.05) is 37.6 Å². The number of nitrogens with one attached hydrogen (secondary N) is 1. The Hall–Kier alpha value is -2.42. The number of sulfonamides is 1. The van der Waals surface area contributed by atoms with E-state index in [1.165, 1.54) is 15.9 Å². The van der Waals surface area contributed by atoms with E-state index in [2.05, 4.69) is 17.1 Å². The molecule has 168 valence electrons. The van der Waals surface area contributed by atoms with Crippen LogP contribution in [0.15, 0.2) is 47.4 Å². The third-order valence-electron chi connectivity index (χ3n) is 5.53. The first-order chi connectivity index (χ1) is 14.9. The molecule has 2 aromatic carbocycles. The van der Waals surface area contributed by atoms with Crippen molar-refractivity contribution in [3.63, 3.8) is 0 Å². The SMILES string of the molecule is CCc1ccc(NC(=O)c2cc(S(=O)(=O)N(CC)CC)ccc2N2CCOCC2)cc1. The van der Waals surface area contributed by atoms with Gasteiger partial charge in [-0.05, 0) is 42.3 Å². The van der Waals surface area contributed by atoms with Crippen LogP contribution >= 0.6 is 0 Å². The highest BCUT2D eigenvalue weighted by molar-refractivity contribution is 7.89. The molecule has 1 saturated heterocycles. The Kier molecular flexibility index (Phi) is 7.69. The van der Waals surface area contributed by atoms with Gasteiger partial charge >= 0.3 is 0 Å². The quantitative estimate of drug-likeness (QED) is 0.674. The van der Waals surface area contributed by atoms with Gasteiger partial charge in [-0.15, -0.1) is 0 Å². The average molecular weight is 446 g/mol. The lowest BCUT2D eigenvalue weighted by Crippen LogP contribution is -2.37. The minimum absolute atomic E-state index is 0.125. The molecule has 2 aromatic rings. The molecule has 1 aliphatic heterocycles. The molecule has 0 radical (unpaired) electrons. The molecule has 1 heterocycles. The van der Waals surface area contributed by atoms with Gasteiger partial charge in [0.15, 0.2) is 0 Å². The van der Waals surface area contributed by atoms with E-state index in [1.54, 1.807) is 26.0 Å². The second kappa shape index (κ2) is 10.3. The Balaban J connectivity index is 1.99. The van der Waals surface area contributed by atoms with Crippen LogP contribution in [-0.4, -0.2) is 58.0 Å². The number of morpholine rings is 1. The van der Waals surface area contributed by atoms with Crippen LogP contribution in [0.4, 0.5) is 11.4 Å². The minimum atomic E-state index is -3.68. The smallest absolute Gasteiger partial charge is 0.257 e. The number of hydrogen-bond donors (Lipinski definition) is 1. The fourth-order valence-electron chi connectivity index (χ4n) is 3.67. The van der Waals surface area contributed by atoms with Crippen molar-refractivity contribution in [3.8, 4) is 0 Å². The maximum atomic E-state index is 13.2. The molecule has 0 atom stereocenters. The van der Waals surface area contributed by atoms with Crippen LogP contribution in [0.1, 0.15) is 36.7 Å². The van der Waals surface area contributed by atoms with E-state index < -0.39 is 10.0 Å². The number of anilines is 2. The molecule has 31 heavy (non-hydrogen) atoms. The Morgan fingerprint density at radius 2 is 1.68 bits per heavy atom. The maximum absolute atomic E-state index is 13.2. The highest BCUT2D eigenvalue weighted by atomic mass is 32.2. The average Bonchev–Trinajstić information content (AvgIpc) is 2.80. The molecule has 3 rings (SSSR count). The molecule has 1 N–H and O–H groups in total. The van der Waals surface area contributed by atoms with Gasteiger partial charge in [0.25, 0.3) is 5.91 Å². The van der Waals surface area contributed by atoms with Gasteiger partial charge in [0.1, 0.15) is 0 Å². The Labute approximate surface area is 185 Å². The van der Waals surface area contributed by atoms with Crippen molar-refractivity contribution < 1.29 is 17.9 Å². The number of benzene rings is 2. The van der Waals surface area contributed by atoms with Crippen LogP contribution < -0.4 is 10.2 Å². The van der Waals surface area contributed by atoms with E-state index in [0.29, 0.717) is 56.3 Å². The number of hydrogen-bond acceptors (Lipinski definition) is 5. The van der Waals surface area contributed by atoms with Crippen molar-refractivity contribution >= 4 is 27.3 Å². The number of rotatable bonds is 8. The Bertz CT molecular complexity index is 996. The van der Waals surface area contributed by atoms with Crippen LogP contribution in [0.25, 0.3) is 0 Å². The summed E-state index contributed by atoms with van der Waals surface area (Å²) in [4.78, 5) is 15.4. The highest BCUT2D eigenvalue weighted by Gasteiger charge is 2.26. The topological polar surface area (TPSA) is 79.0 Å². The van der Waals surface area contributed by atoms with Gasteiger partial charge in [0.05, 0.1) is 23.7 Å². The molecule has 8 heteroatoms. The van der Waals surface area contributed by atoms with Crippen LogP contribution in [0, 0.1) is 0 Å². The zero-order valence-electron chi connectivity index (χ0n) is 18.4. The van der Waals surface area contributed by atoms with E-state index in [0.717, 1.165) is 6.42 Å². The Morgan fingerprint density at radius 3 is 2.26 bits per heavy atom. The zero-order chi connectivity index (χ0) is 22.4. The van der Waals surface area contributed by atoms with E-state index in [1.807, 2.05) is 24.3 Å². The van der Waals surface area contributed by atoms with E-state index in [9.17, 15) is 13.2 Å². The summed E-state index contributed by atoms with van der Waals surface area (Å²) in [5.41, 5.74) is 2.91. The van der Waals surface area contributed by atoms with Gasteiger partial charge in [-0.25, -0.2) is 8.42 Å². The van der Waals surface area contributed by atoms with Crippen molar-refractivity contribution in [2.24, 2.45) is 0 Å². The summed E-state index contributed by atoms with van der Waals surface area (Å²) in [7, 11) is -3.68. The summed E-state index contributed by atoms with van der Waals surface area (Å²) in [5.74, 6) is -0.331. The third-order valence-corrected chi connectivity index (χ3v) is 7.57. The van der Waals surface area contributed by atoms with E-state index in [4.69, 9.17) is 4.74 Å². The second-order valence-corrected chi connectivity index (χ2v) is 9.31. The molecule has 1 amide bonds. The summed E-state index contributed by atoms with van der Waals surface area (Å²) < 4.78 is 32.9. The molecule has 0 aliphatic carbocycles. The van der Waals surface area contributed by atoms with Crippen LogP contribution in [0.3, 0.4) is 0 Å². The number of nitrogens with zero attached hydrogens (tertiary/aromatic N) is 2. The lowest BCUT2D eigenvalue weighted by Gasteiger charge is -2.30. The van der Waals surface area contributed by atoms with Crippen molar-refractivity contribution in [1.82, 2.24) is 4.31 Å². The van der Waals surface area contributed by atoms with E-state index in [-0.39, 0.29) is 10.8 Å². The zero-order valence-corrected chi connectivity index (χ0v) is 19.2. The fraction of sp³-hybridized carbons (Fsp3) is 0.435. The predicted octanol–water partition coefficient (Wildman–Crippen LogP) is 3.37. The van der Waals surface area contributed by atoms with Gasteiger partial charge in [-0.3, -0.25) is 4.79 Å². The number of carbonyl (C=O) groups excluding carboxylic acids is 1. The molecule has 0 spiro atoms. The summed E-state index contributed by atoms with van der Waals surface area (Å²) in [6.45, 7) is 8.85. The molecule has 1 aliphatic rings. The lowest BCUT2D eigenvalue weighted by atomic mass is 10.1. The van der Waals surface area contributed by atoms with Crippen molar-refractivity contribution in [3.05, 3.63) is 53.6 Å². The molecular weight excluding hydrogens is 414 g/mol. The van der Waals surface area contributed by atoms with Crippen molar-refractivity contribution in [1.29, 1.82) is 0 Å². The molecule has 0 saturated carbocycles. The second-order valence-electron chi connectivity index (χ2n) is 7.37. The van der Waals surface area contributed by atoms with Crippen molar-refractivity contribution in [2.45, 2.75) is 32.1 Å². The van der Waals surface area contributed by atoms with Crippen molar-refractivity contribution in [2.75, 3.05) is 49.6 Å². The normalized spacial score (nSPS) is 14.6. The molecule has 7 nitrogen and oxygen atoms in total. The number of ether oxygens (including phenoxy) is 1. The van der Waals surface area contributed by atoms with Gasteiger partial charge in [-0.2, -0.15) is 4.31 Å². The summed E-state index contributed by atoms with van der Waals surface area (Å²) in [6.07, 6.45) is 0.917. The molecule has 1 fully saturated rings.